The Morgan fingerprint density at radius 3 is 0.385 bits per heavy atom. The molecule has 13 heavy (non-hydrogen) atoms. The summed E-state index contributed by atoms with van der Waals surface area (Å²) >= 11 is -12.0. The Kier molecular flexibility index (Phi) is 39.8. The maximum atomic E-state index is 8.57. The smallest absolute Gasteiger partial charge is 0.282 e. The molecule has 0 bridgehead atoms. The first-order valence-electron chi connectivity index (χ1n) is 1.39. The van der Waals surface area contributed by atoms with Gasteiger partial charge < -0.3 is 30.9 Å². The third-order valence-electron chi connectivity index (χ3n) is 0. The van der Waals surface area contributed by atoms with Gasteiger partial charge in [-0.05, 0) is 0 Å². The zero-order valence-electron chi connectivity index (χ0n) is 5.39. The predicted molar refractivity (Wildman–Crippen MR) is 0 cm³/mol. The van der Waals surface area contributed by atoms with E-state index in [2.05, 4.69) is 0 Å². The number of rotatable bonds is 0. The van der Waals surface area contributed by atoms with Gasteiger partial charge in [0, 0.05) is 41.3 Å². The second kappa shape index (κ2) is 20.6. The number of hydrogen-bond donors (Lipinski definition) is 0. The first-order valence-corrected chi connectivity index (χ1v) is 9.32. The van der Waals surface area contributed by atoms with E-state index in [0.29, 0.717) is 0 Å². The summed E-state index contributed by atoms with van der Waals surface area (Å²) in [6.07, 6.45) is 0. The van der Waals surface area contributed by atoms with Crippen LogP contribution in [0.15, 0.2) is 0 Å². The van der Waals surface area contributed by atoms with E-state index in [9.17, 15) is 0 Å². The van der Waals surface area contributed by atoms with Gasteiger partial charge in [-0.3, -0.25) is 0 Å². The molecule has 0 aromatic carbocycles. The number of hydrogen-bond acceptors (Lipinski definition) is 9. The van der Waals surface area contributed by atoms with Gasteiger partial charge in [0.1, 0.15) is 0 Å². The van der Waals surface area contributed by atoms with E-state index in [1.54, 1.807) is 0 Å². The molecule has 0 atom stereocenters. The van der Waals surface area contributed by atoms with E-state index < -0.39 is 63.2 Å². The molecule has 0 unspecified atom stereocenters. The second-order valence-electron chi connectivity index (χ2n) is 0.567. The molecule has 0 aliphatic carbocycles. The van der Waals surface area contributed by atoms with E-state index in [0.717, 1.165) is 0 Å². The van der Waals surface area contributed by atoms with Gasteiger partial charge >= 0.3 is 0 Å². The van der Waals surface area contributed by atoms with Crippen molar-refractivity contribution in [1.29, 1.82) is 0 Å². The normalized spacial score (nSPS) is 8.31. The minimum Gasteiger partial charge on any atom is -0.427 e. The molecular weight excluding hydrogens is 666 g/mol. The summed E-state index contributed by atoms with van der Waals surface area (Å²) in [6.45, 7) is 0. The molecular formula is I3O9Pr-3. The average molecular weight is 666 g/mol. The molecule has 0 aliphatic rings. The quantitative estimate of drug-likeness (QED) is 0.225. The van der Waals surface area contributed by atoms with Crippen LogP contribution in [0.4, 0.5) is 0 Å². The Labute approximate surface area is 132 Å². The summed E-state index contributed by atoms with van der Waals surface area (Å²) in [5.74, 6) is 0. The minimum absolute atomic E-state index is 0. The summed E-state index contributed by atoms with van der Waals surface area (Å²) in [5.41, 5.74) is 0. The largest absolute Gasteiger partial charge is 0.427 e. The zero-order valence-corrected chi connectivity index (χ0v) is 15.6. The van der Waals surface area contributed by atoms with Gasteiger partial charge in [-0.25, -0.2) is 0 Å². The van der Waals surface area contributed by atoms with Gasteiger partial charge in [-0.1, -0.05) is 0 Å². The third-order valence-corrected chi connectivity index (χ3v) is 0. The van der Waals surface area contributed by atoms with Crippen LogP contribution in [0.3, 0.4) is 0 Å². The first-order chi connectivity index (χ1) is 5.20. The van der Waals surface area contributed by atoms with E-state index in [1.807, 2.05) is 0 Å². The summed E-state index contributed by atoms with van der Waals surface area (Å²) < 4.78 is 77.2. The minimum atomic E-state index is -4.01. The average Bonchev–Trinajstić information content (AvgIpc) is 1.54. The first kappa shape index (κ1) is 25.1. The molecule has 0 aromatic heterocycles. The van der Waals surface area contributed by atoms with Gasteiger partial charge in [-0.15, -0.1) is 0 Å². The molecule has 0 aromatic rings. The number of halogens is 3. The van der Waals surface area contributed by atoms with Crippen molar-refractivity contribution in [1.82, 2.24) is 0 Å². The van der Waals surface area contributed by atoms with Crippen molar-refractivity contribution < 1.29 is 135 Å². The van der Waals surface area contributed by atoms with E-state index in [4.69, 9.17) is 30.9 Å². The monoisotopic (exact) mass is 666 g/mol. The van der Waals surface area contributed by atoms with Crippen LogP contribution in [-0.2, 0) is 0 Å². The molecule has 9 nitrogen and oxygen atoms in total. The van der Waals surface area contributed by atoms with Gasteiger partial charge in [0.05, 0.1) is 0 Å². The van der Waals surface area contributed by atoms with Crippen molar-refractivity contribution in [2.75, 3.05) is 0 Å². The van der Waals surface area contributed by atoms with Crippen LogP contribution in [-0.4, -0.2) is 0 Å². The summed E-state index contributed by atoms with van der Waals surface area (Å²) in [7, 11) is 0. The van der Waals surface area contributed by atoms with E-state index >= 15 is 0 Å². The van der Waals surface area contributed by atoms with Crippen molar-refractivity contribution in [2.45, 2.75) is 0 Å². The Bertz CT molecular complexity index is 43.4. The maximum Gasteiger partial charge on any atom is 0.282 e. The molecule has 0 rings (SSSR count). The van der Waals surface area contributed by atoms with Crippen molar-refractivity contribution >= 4 is 0 Å². The fourth-order valence-corrected chi connectivity index (χ4v) is 0. The molecule has 0 amide bonds. The fourth-order valence-electron chi connectivity index (χ4n) is 0. The maximum absolute atomic E-state index is 8.57. The Hall–Kier alpha value is 3.19. The van der Waals surface area contributed by atoms with Crippen LogP contribution in [0, 0.1) is 41.3 Å². The van der Waals surface area contributed by atoms with Crippen molar-refractivity contribution in [3.05, 3.63) is 0 Å². The fraction of sp³-hybridized carbons (Fsp3) is 0. The van der Waals surface area contributed by atoms with Gasteiger partial charge in [-0.2, -0.15) is 0 Å². The molecule has 0 fully saturated rings. The van der Waals surface area contributed by atoms with Crippen LogP contribution in [0.25, 0.3) is 0 Å². The van der Waals surface area contributed by atoms with E-state index in [1.165, 1.54) is 0 Å². The second-order valence-corrected chi connectivity index (χ2v) is 3.80. The van der Waals surface area contributed by atoms with Crippen molar-refractivity contribution in [2.24, 2.45) is 0 Å². The van der Waals surface area contributed by atoms with Crippen LogP contribution < -0.4 is 94.1 Å². The molecule has 13 heteroatoms. The van der Waals surface area contributed by atoms with Crippen molar-refractivity contribution in [3.8, 4) is 0 Å². The molecule has 0 heterocycles. The summed E-state index contributed by atoms with van der Waals surface area (Å²) in [6, 6.07) is 0. The summed E-state index contributed by atoms with van der Waals surface area (Å²) in [5, 5.41) is 0. The molecule has 0 spiro atoms. The molecule has 0 saturated heterocycles. The van der Waals surface area contributed by atoms with E-state index in [-0.39, 0.29) is 41.3 Å². The molecule has 81 valence electrons. The van der Waals surface area contributed by atoms with Crippen LogP contribution in [0.2, 0.25) is 0 Å². The SMILES string of the molecule is [O-][I+2]([O-])[O-].[O-][I+2]([O-])[O-].[O-][I+2]([O-])[O-].[Pr]. The predicted octanol–water partition coefficient (Wildman–Crippen LogP) is -19.7. The molecule has 0 N–H and O–H groups in total. The Morgan fingerprint density at radius 2 is 0.385 bits per heavy atom. The van der Waals surface area contributed by atoms with Crippen LogP contribution in [0.1, 0.15) is 0 Å². The van der Waals surface area contributed by atoms with Crippen LogP contribution in [0.5, 0.6) is 0 Å². The Morgan fingerprint density at radius 1 is 0.385 bits per heavy atom. The van der Waals surface area contributed by atoms with Gasteiger partial charge in [0.25, 0.3) is 63.2 Å². The Balaban J connectivity index is -0.0000000450. The topological polar surface area (TPSA) is 208 Å². The standard InChI is InChI=1S/3IO3.Pr/c3*2-1(3)4;/q3*-1;. The van der Waals surface area contributed by atoms with Crippen LogP contribution >= 0.6 is 0 Å². The molecule has 0 saturated carbocycles. The van der Waals surface area contributed by atoms with Gasteiger partial charge in [0.2, 0.25) is 0 Å². The molecule has 1 radical (unpaired) electrons. The zero-order chi connectivity index (χ0) is 10.7. The van der Waals surface area contributed by atoms with Gasteiger partial charge in [0.15, 0.2) is 0 Å². The summed E-state index contributed by atoms with van der Waals surface area (Å²) in [4.78, 5) is 0. The molecule has 0 aliphatic heterocycles. The van der Waals surface area contributed by atoms with Crippen molar-refractivity contribution in [3.63, 3.8) is 0 Å². The third kappa shape index (κ3) is 259.